The predicted molar refractivity (Wildman–Crippen MR) is 97.9 cm³/mol. The molecule has 1 aromatic rings. The number of ketones is 1. The summed E-state index contributed by atoms with van der Waals surface area (Å²) in [6.45, 7) is 6.02. The number of fused-ring (bicyclic) bond motifs is 2. The molecule has 2 bridgehead atoms. The molecule has 3 rings (SSSR count). The van der Waals surface area contributed by atoms with Crippen LogP contribution in [0.1, 0.15) is 33.6 Å². The third-order valence-electron chi connectivity index (χ3n) is 6.54. The van der Waals surface area contributed by atoms with Gasteiger partial charge in [-0.05, 0) is 36.5 Å². The standard InChI is InChI=1S/C18H21BrClNO3/c1-16(2)17(3)7-8-18(16,13(19)14(17)22)15(23)21-11-9-10(20)5-6-12(11)24-4/h5-6,9,13H,7-8H2,1-4H3,(H,21,23)/t13-,17+,18+/m1/s1. The second-order valence-electron chi connectivity index (χ2n) is 7.45. The van der Waals surface area contributed by atoms with Crippen molar-refractivity contribution in [3.8, 4) is 5.75 Å². The number of ether oxygens (including phenoxy) is 1. The summed E-state index contributed by atoms with van der Waals surface area (Å²) in [5, 5.41) is 3.47. The second-order valence-corrected chi connectivity index (χ2v) is 8.81. The van der Waals surface area contributed by atoms with Crippen molar-refractivity contribution in [2.45, 2.75) is 38.4 Å². The number of hydrogen-bond donors (Lipinski definition) is 1. The summed E-state index contributed by atoms with van der Waals surface area (Å²) in [7, 11) is 1.54. The van der Waals surface area contributed by atoms with Gasteiger partial charge >= 0.3 is 0 Å². The zero-order valence-corrected chi connectivity index (χ0v) is 16.5. The zero-order valence-electron chi connectivity index (χ0n) is 14.2. The van der Waals surface area contributed by atoms with Crippen molar-refractivity contribution in [2.75, 3.05) is 12.4 Å². The average molecular weight is 415 g/mol. The van der Waals surface area contributed by atoms with Crippen LogP contribution in [0.2, 0.25) is 5.02 Å². The molecule has 0 spiro atoms. The first kappa shape index (κ1) is 17.7. The number of alkyl halides is 1. The lowest BCUT2D eigenvalue weighted by Gasteiger charge is -2.39. The molecule has 6 heteroatoms. The summed E-state index contributed by atoms with van der Waals surface area (Å²) in [6.07, 6.45) is 1.40. The van der Waals surface area contributed by atoms with E-state index in [9.17, 15) is 9.59 Å². The van der Waals surface area contributed by atoms with Gasteiger partial charge in [-0.15, -0.1) is 0 Å². The van der Waals surface area contributed by atoms with Crippen LogP contribution in [0, 0.1) is 16.2 Å². The largest absolute Gasteiger partial charge is 0.495 e. The highest BCUT2D eigenvalue weighted by atomic mass is 79.9. The molecular formula is C18H21BrClNO3. The molecule has 0 unspecified atom stereocenters. The summed E-state index contributed by atoms with van der Waals surface area (Å²) in [6, 6.07) is 5.08. The van der Waals surface area contributed by atoms with E-state index >= 15 is 0 Å². The lowest BCUT2D eigenvalue weighted by molar-refractivity contribution is -0.130. The van der Waals surface area contributed by atoms with E-state index in [2.05, 4.69) is 21.2 Å². The number of halogens is 2. The first-order valence-electron chi connectivity index (χ1n) is 7.95. The number of nitrogens with one attached hydrogen (secondary N) is 1. The van der Waals surface area contributed by atoms with E-state index in [-0.39, 0.29) is 11.7 Å². The van der Waals surface area contributed by atoms with E-state index in [0.717, 1.165) is 6.42 Å². The molecule has 3 atom stereocenters. The maximum Gasteiger partial charge on any atom is 0.232 e. The molecule has 130 valence electrons. The minimum atomic E-state index is -0.786. The number of carbonyl (C=O) groups excluding carboxylic acids is 2. The molecule has 1 aromatic carbocycles. The Morgan fingerprint density at radius 1 is 1.33 bits per heavy atom. The lowest BCUT2D eigenvalue weighted by Crippen LogP contribution is -2.48. The van der Waals surface area contributed by atoms with Gasteiger partial charge in [0.25, 0.3) is 0 Å². The van der Waals surface area contributed by atoms with E-state index in [1.54, 1.807) is 25.3 Å². The van der Waals surface area contributed by atoms with E-state index in [4.69, 9.17) is 16.3 Å². The van der Waals surface area contributed by atoms with Crippen molar-refractivity contribution in [1.29, 1.82) is 0 Å². The maximum absolute atomic E-state index is 13.3. The van der Waals surface area contributed by atoms with Crippen LogP contribution in [0.15, 0.2) is 18.2 Å². The number of benzene rings is 1. The Kier molecular flexibility index (Phi) is 4.04. The van der Waals surface area contributed by atoms with Gasteiger partial charge in [0.15, 0.2) is 5.78 Å². The fourth-order valence-electron chi connectivity index (χ4n) is 4.47. The summed E-state index contributed by atoms with van der Waals surface area (Å²) in [5.74, 6) is 0.495. The van der Waals surface area contributed by atoms with E-state index < -0.39 is 21.1 Å². The van der Waals surface area contributed by atoms with Crippen LogP contribution in [-0.2, 0) is 9.59 Å². The van der Waals surface area contributed by atoms with Crippen molar-refractivity contribution in [3.05, 3.63) is 23.2 Å². The molecule has 0 saturated heterocycles. The van der Waals surface area contributed by atoms with Gasteiger partial charge in [-0.2, -0.15) is 0 Å². The minimum Gasteiger partial charge on any atom is -0.495 e. The smallest absolute Gasteiger partial charge is 0.232 e. The van der Waals surface area contributed by atoms with Gasteiger partial charge in [-0.25, -0.2) is 0 Å². The Morgan fingerprint density at radius 2 is 2.00 bits per heavy atom. The van der Waals surface area contributed by atoms with Crippen molar-refractivity contribution >= 4 is 44.9 Å². The number of methoxy groups -OCH3 is 1. The van der Waals surface area contributed by atoms with Gasteiger partial charge in [0.05, 0.1) is 23.0 Å². The molecular weight excluding hydrogens is 394 g/mol. The minimum absolute atomic E-state index is 0.118. The summed E-state index contributed by atoms with van der Waals surface area (Å²) < 4.78 is 5.31. The van der Waals surface area contributed by atoms with Crippen LogP contribution in [0.5, 0.6) is 5.75 Å². The lowest BCUT2D eigenvalue weighted by atomic mass is 9.64. The highest BCUT2D eigenvalue weighted by Gasteiger charge is 2.76. The first-order chi connectivity index (χ1) is 11.1. The predicted octanol–water partition coefficient (Wildman–Crippen LogP) is 4.45. The number of amides is 1. The number of hydrogen-bond acceptors (Lipinski definition) is 3. The molecule has 1 N–H and O–H groups in total. The van der Waals surface area contributed by atoms with Crippen LogP contribution in [-0.4, -0.2) is 23.6 Å². The fourth-order valence-corrected chi connectivity index (χ4v) is 6.15. The third kappa shape index (κ3) is 1.97. The molecule has 0 heterocycles. The Morgan fingerprint density at radius 3 is 2.54 bits per heavy atom. The molecule has 2 fully saturated rings. The molecule has 24 heavy (non-hydrogen) atoms. The molecule has 2 saturated carbocycles. The summed E-state index contributed by atoms with van der Waals surface area (Å²) in [4.78, 5) is 25.6. The van der Waals surface area contributed by atoms with E-state index in [1.165, 1.54) is 0 Å². The Balaban J connectivity index is 2.02. The normalized spacial score (nSPS) is 33.6. The Labute approximate surface area is 155 Å². The SMILES string of the molecule is COc1ccc(Cl)cc1NC(=O)[C@]12CC[C@@](C)(C(=O)[C@H]1Br)C2(C)C. The van der Waals surface area contributed by atoms with Gasteiger partial charge in [0.1, 0.15) is 5.75 Å². The maximum atomic E-state index is 13.3. The van der Waals surface area contributed by atoms with Gasteiger partial charge in [-0.3, -0.25) is 9.59 Å². The second kappa shape index (κ2) is 5.46. The summed E-state index contributed by atoms with van der Waals surface area (Å²) in [5.41, 5.74) is -1.20. The van der Waals surface area contributed by atoms with Gasteiger partial charge in [-0.1, -0.05) is 48.3 Å². The highest BCUT2D eigenvalue weighted by molar-refractivity contribution is 9.10. The van der Waals surface area contributed by atoms with Crippen LogP contribution < -0.4 is 10.1 Å². The third-order valence-corrected chi connectivity index (χ3v) is 7.97. The first-order valence-corrected chi connectivity index (χ1v) is 9.24. The summed E-state index contributed by atoms with van der Waals surface area (Å²) >= 11 is 9.58. The van der Waals surface area contributed by atoms with Gasteiger partial charge in [0.2, 0.25) is 5.91 Å². The van der Waals surface area contributed by atoms with Crippen LogP contribution >= 0.6 is 27.5 Å². The molecule has 0 radical (unpaired) electrons. The topological polar surface area (TPSA) is 55.4 Å². The Bertz CT molecular complexity index is 735. The van der Waals surface area contributed by atoms with E-state index in [1.807, 2.05) is 20.8 Å². The number of anilines is 1. The molecule has 2 aliphatic rings. The van der Waals surface area contributed by atoms with Crippen LogP contribution in [0.4, 0.5) is 5.69 Å². The molecule has 0 aromatic heterocycles. The highest BCUT2D eigenvalue weighted by Crippen LogP contribution is 2.72. The molecule has 2 aliphatic carbocycles. The molecule has 0 aliphatic heterocycles. The van der Waals surface area contributed by atoms with Crippen LogP contribution in [0.3, 0.4) is 0 Å². The van der Waals surface area contributed by atoms with Crippen LogP contribution in [0.25, 0.3) is 0 Å². The number of carbonyl (C=O) groups is 2. The molecule has 4 nitrogen and oxygen atoms in total. The monoisotopic (exact) mass is 413 g/mol. The average Bonchev–Trinajstić information content (AvgIpc) is 2.79. The number of Topliss-reactive ketones (excluding diaryl/α,β-unsaturated/α-hetero) is 1. The van der Waals surface area contributed by atoms with E-state index in [0.29, 0.717) is 22.9 Å². The van der Waals surface area contributed by atoms with Crippen molar-refractivity contribution < 1.29 is 14.3 Å². The van der Waals surface area contributed by atoms with Gasteiger partial charge < -0.3 is 10.1 Å². The van der Waals surface area contributed by atoms with Crippen molar-refractivity contribution in [3.63, 3.8) is 0 Å². The molecule has 1 amide bonds. The van der Waals surface area contributed by atoms with Crippen molar-refractivity contribution in [2.24, 2.45) is 16.2 Å². The zero-order chi connectivity index (χ0) is 17.9. The van der Waals surface area contributed by atoms with Crippen molar-refractivity contribution in [1.82, 2.24) is 0 Å². The fraction of sp³-hybridized carbons (Fsp3) is 0.556. The number of rotatable bonds is 3. The Hall–Kier alpha value is -1.07. The quantitative estimate of drug-likeness (QED) is 0.744. The van der Waals surface area contributed by atoms with Gasteiger partial charge in [0, 0.05) is 10.4 Å².